The van der Waals surface area contributed by atoms with E-state index in [0.29, 0.717) is 28.1 Å². The van der Waals surface area contributed by atoms with Crippen molar-refractivity contribution < 1.29 is 32.2 Å². The van der Waals surface area contributed by atoms with Gasteiger partial charge in [0.15, 0.2) is 11.5 Å². The summed E-state index contributed by atoms with van der Waals surface area (Å²) >= 11 is 0. The molecule has 10 heteroatoms. The SMILES string of the molecule is CC1(C)Cc2cc(NC(=O)N3CC(c4ccc(F)cc4)=C(c4ccc5c(c4)OC(F)(F)O5)N3)ccc2O1. The number of nitrogens with zero attached hydrogens (tertiary/aromatic N) is 1. The molecule has 0 spiro atoms. The summed E-state index contributed by atoms with van der Waals surface area (Å²) in [7, 11) is 0. The first-order chi connectivity index (χ1) is 17.6. The number of rotatable bonds is 3. The van der Waals surface area contributed by atoms with Crippen LogP contribution in [0.1, 0.15) is 30.5 Å². The molecule has 2 N–H and O–H groups in total. The third-order valence-electron chi connectivity index (χ3n) is 6.31. The molecule has 6 rings (SSSR count). The van der Waals surface area contributed by atoms with Gasteiger partial charge in [-0.3, -0.25) is 5.43 Å². The van der Waals surface area contributed by atoms with E-state index in [4.69, 9.17) is 4.74 Å². The fourth-order valence-corrected chi connectivity index (χ4v) is 4.71. The number of benzene rings is 3. The van der Waals surface area contributed by atoms with Gasteiger partial charge < -0.3 is 19.5 Å². The van der Waals surface area contributed by atoms with Gasteiger partial charge in [-0.05, 0) is 67.9 Å². The number of hydrogen-bond donors (Lipinski definition) is 2. The van der Waals surface area contributed by atoms with Gasteiger partial charge in [-0.15, -0.1) is 8.78 Å². The molecule has 2 amide bonds. The molecule has 3 aliphatic rings. The van der Waals surface area contributed by atoms with Crippen LogP contribution >= 0.6 is 0 Å². The van der Waals surface area contributed by atoms with Crippen molar-refractivity contribution >= 4 is 23.0 Å². The number of ether oxygens (including phenoxy) is 3. The van der Waals surface area contributed by atoms with E-state index in [2.05, 4.69) is 20.2 Å². The van der Waals surface area contributed by atoms with Crippen molar-refractivity contribution in [1.82, 2.24) is 10.4 Å². The van der Waals surface area contributed by atoms with Crippen LogP contribution in [0.15, 0.2) is 60.7 Å². The van der Waals surface area contributed by atoms with Gasteiger partial charge in [-0.2, -0.15) is 0 Å². The third-order valence-corrected chi connectivity index (χ3v) is 6.31. The van der Waals surface area contributed by atoms with Crippen LogP contribution < -0.4 is 25.0 Å². The van der Waals surface area contributed by atoms with Gasteiger partial charge in [-0.25, -0.2) is 14.2 Å². The van der Waals surface area contributed by atoms with Crippen molar-refractivity contribution in [2.45, 2.75) is 32.2 Å². The van der Waals surface area contributed by atoms with Gasteiger partial charge in [0.2, 0.25) is 0 Å². The molecule has 0 aromatic heterocycles. The minimum absolute atomic E-state index is 0.0888. The number of hydrazine groups is 1. The molecule has 0 atom stereocenters. The van der Waals surface area contributed by atoms with Crippen LogP contribution in [0.4, 0.5) is 23.7 Å². The number of amides is 2. The number of anilines is 1. The van der Waals surface area contributed by atoms with E-state index in [0.717, 1.165) is 17.7 Å². The molecule has 3 aliphatic heterocycles. The van der Waals surface area contributed by atoms with Crippen molar-refractivity contribution in [3.8, 4) is 17.2 Å². The summed E-state index contributed by atoms with van der Waals surface area (Å²) in [5.41, 5.74) is 6.69. The van der Waals surface area contributed by atoms with E-state index in [9.17, 15) is 18.0 Å². The Bertz CT molecular complexity index is 1450. The van der Waals surface area contributed by atoms with Crippen LogP contribution in [0.5, 0.6) is 17.2 Å². The summed E-state index contributed by atoms with van der Waals surface area (Å²) in [6, 6.07) is 15.2. The van der Waals surface area contributed by atoms with Gasteiger partial charge in [0.1, 0.15) is 17.2 Å². The highest BCUT2D eigenvalue weighted by Gasteiger charge is 2.43. The number of carbonyl (C=O) groups is 1. The van der Waals surface area contributed by atoms with Gasteiger partial charge in [0, 0.05) is 28.8 Å². The van der Waals surface area contributed by atoms with Crippen molar-refractivity contribution in [3.05, 3.63) is 83.2 Å². The van der Waals surface area contributed by atoms with Crippen LogP contribution in [0.2, 0.25) is 0 Å². The Hall–Kier alpha value is -4.34. The van der Waals surface area contributed by atoms with E-state index in [1.54, 1.807) is 24.3 Å². The van der Waals surface area contributed by atoms with Crippen molar-refractivity contribution in [3.63, 3.8) is 0 Å². The first kappa shape index (κ1) is 23.1. The average Bonchev–Trinajstić information content (AvgIpc) is 3.49. The molecule has 0 saturated heterocycles. The molecule has 3 aromatic rings. The molecule has 0 saturated carbocycles. The quantitative estimate of drug-likeness (QED) is 0.468. The van der Waals surface area contributed by atoms with Gasteiger partial charge in [0.05, 0.1) is 12.2 Å². The lowest BCUT2D eigenvalue weighted by atomic mass is 10.0. The summed E-state index contributed by atoms with van der Waals surface area (Å²) in [5, 5.41) is 4.25. The maximum absolute atomic E-state index is 13.6. The normalized spacial score (nSPS) is 18.4. The highest BCUT2D eigenvalue weighted by molar-refractivity contribution is 5.98. The molecule has 37 heavy (non-hydrogen) atoms. The van der Waals surface area contributed by atoms with Crippen molar-refractivity contribution in [2.24, 2.45) is 0 Å². The zero-order chi connectivity index (χ0) is 25.9. The Morgan fingerprint density at radius 1 is 0.919 bits per heavy atom. The number of halogens is 3. The summed E-state index contributed by atoms with van der Waals surface area (Å²) < 4.78 is 55.7. The van der Waals surface area contributed by atoms with Crippen LogP contribution in [0.3, 0.4) is 0 Å². The number of nitrogens with one attached hydrogen (secondary N) is 2. The summed E-state index contributed by atoms with van der Waals surface area (Å²) in [6.45, 7) is 4.14. The Balaban J connectivity index is 1.27. The van der Waals surface area contributed by atoms with E-state index >= 15 is 0 Å². The highest BCUT2D eigenvalue weighted by atomic mass is 19.3. The lowest BCUT2D eigenvalue weighted by Crippen LogP contribution is -2.40. The molecule has 0 fully saturated rings. The minimum Gasteiger partial charge on any atom is -0.487 e. The smallest absolute Gasteiger partial charge is 0.487 e. The summed E-state index contributed by atoms with van der Waals surface area (Å²) in [4.78, 5) is 13.2. The fraction of sp³-hybridized carbons (Fsp3) is 0.222. The third kappa shape index (κ3) is 4.39. The van der Waals surface area contributed by atoms with Crippen molar-refractivity contribution in [2.75, 3.05) is 11.9 Å². The summed E-state index contributed by atoms with van der Waals surface area (Å²) in [5.74, 6) is 0.175. The zero-order valence-corrected chi connectivity index (χ0v) is 19.9. The standard InChI is InChI=1S/C27H22F3N3O4/c1-26(2)13-17-11-19(8-10-21(17)35-26)31-25(34)33-14-20(15-3-6-18(28)7-4-15)24(32-33)16-5-9-22-23(12-16)37-27(29,30)36-22/h3-12,32H,13-14H2,1-2H3,(H,31,34). The second-order valence-corrected chi connectivity index (χ2v) is 9.68. The Morgan fingerprint density at radius 2 is 1.62 bits per heavy atom. The van der Waals surface area contributed by atoms with E-state index in [-0.39, 0.29) is 23.6 Å². The Labute approximate surface area is 210 Å². The minimum atomic E-state index is -3.75. The molecular weight excluding hydrogens is 487 g/mol. The molecule has 0 bridgehead atoms. The van der Waals surface area contributed by atoms with E-state index in [1.807, 2.05) is 26.0 Å². The second kappa shape index (κ2) is 8.09. The average molecular weight is 509 g/mol. The molecular formula is C27H22F3N3O4. The van der Waals surface area contributed by atoms with Gasteiger partial charge in [-0.1, -0.05) is 12.1 Å². The molecule has 3 heterocycles. The maximum atomic E-state index is 13.6. The first-order valence-electron chi connectivity index (χ1n) is 11.6. The molecule has 0 unspecified atom stereocenters. The number of alkyl halides is 2. The van der Waals surface area contributed by atoms with Crippen LogP contribution in [0.25, 0.3) is 11.3 Å². The summed E-state index contributed by atoms with van der Waals surface area (Å²) in [6.07, 6.45) is -3.03. The predicted molar refractivity (Wildman–Crippen MR) is 130 cm³/mol. The number of urea groups is 1. The second-order valence-electron chi connectivity index (χ2n) is 9.68. The lowest BCUT2D eigenvalue weighted by molar-refractivity contribution is -0.286. The molecule has 0 radical (unpaired) electrons. The van der Waals surface area contributed by atoms with Gasteiger partial charge >= 0.3 is 12.3 Å². The molecule has 3 aromatic carbocycles. The lowest BCUT2D eigenvalue weighted by Gasteiger charge is -2.19. The number of carbonyl (C=O) groups excluding carboxylic acids is 1. The number of hydrogen-bond acceptors (Lipinski definition) is 5. The number of fused-ring (bicyclic) bond motifs is 2. The fourth-order valence-electron chi connectivity index (χ4n) is 4.71. The zero-order valence-electron chi connectivity index (χ0n) is 19.9. The van der Waals surface area contributed by atoms with E-state index in [1.165, 1.54) is 29.3 Å². The Morgan fingerprint density at radius 3 is 2.41 bits per heavy atom. The van der Waals surface area contributed by atoms with Crippen LogP contribution in [-0.2, 0) is 6.42 Å². The van der Waals surface area contributed by atoms with Crippen LogP contribution in [-0.4, -0.2) is 29.5 Å². The largest absolute Gasteiger partial charge is 0.586 e. The Kier molecular flexibility index (Phi) is 5.05. The molecule has 7 nitrogen and oxygen atoms in total. The van der Waals surface area contributed by atoms with E-state index < -0.39 is 18.1 Å². The van der Waals surface area contributed by atoms with Gasteiger partial charge in [0.25, 0.3) is 0 Å². The highest BCUT2D eigenvalue weighted by Crippen LogP contribution is 2.43. The topological polar surface area (TPSA) is 72.1 Å². The molecule has 190 valence electrons. The predicted octanol–water partition coefficient (Wildman–Crippen LogP) is 5.78. The first-order valence-corrected chi connectivity index (χ1v) is 11.6. The maximum Gasteiger partial charge on any atom is 0.586 e. The van der Waals surface area contributed by atoms with Crippen LogP contribution in [0, 0.1) is 5.82 Å². The molecule has 0 aliphatic carbocycles. The van der Waals surface area contributed by atoms with Crippen molar-refractivity contribution in [1.29, 1.82) is 0 Å². The monoisotopic (exact) mass is 509 g/mol.